The fraction of sp³-hybridized carbons (Fsp3) is 0.500. The van der Waals surface area contributed by atoms with E-state index in [1.54, 1.807) is 0 Å². The lowest BCUT2D eigenvalue weighted by Gasteiger charge is -2.25. The van der Waals surface area contributed by atoms with Crippen LogP contribution in [0.4, 0.5) is 0 Å². The van der Waals surface area contributed by atoms with Crippen molar-refractivity contribution in [3.8, 4) is 0 Å². The minimum Gasteiger partial charge on any atom is -0.371 e. The van der Waals surface area contributed by atoms with Gasteiger partial charge in [-0.1, -0.05) is 30.3 Å². The molecule has 15 heavy (non-hydrogen) atoms. The minimum atomic E-state index is -0.596. The van der Waals surface area contributed by atoms with Crippen molar-refractivity contribution in [1.29, 1.82) is 0 Å². The van der Waals surface area contributed by atoms with E-state index in [1.807, 2.05) is 30.3 Å². The molecule has 0 spiro atoms. The van der Waals surface area contributed by atoms with Crippen LogP contribution in [0.2, 0.25) is 0 Å². The van der Waals surface area contributed by atoms with Crippen molar-refractivity contribution >= 4 is 0 Å². The first-order valence-corrected chi connectivity index (χ1v) is 5.30. The van der Waals surface area contributed by atoms with Crippen LogP contribution in [-0.4, -0.2) is 24.1 Å². The maximum absolute atomic E-state index is 9.13. The number of hydrogen-bond donors (Lipinski definition) is 1. The smallest absolute Gasteiger partial charge is 0.154 e. The van der Waals surface area contributed by atoms with E-state index in [0.29, 0.717) is 19.6 Å². The molecule has 3 nitrogen and oxygen atoms in total. The largest absolute Gasteiger partial charge is 0.371 e. The van der Waals surface area contributed by atoms with E-state index in [9.17, 15) is 0 Å². The van der Waals surface area contributed by atoms with Crippen LogP contribution >= 0.6 is 0 Å². The van der Waals surface area contributed by atoms with Gasteiger partial charge in [0.1, 0.15) is 0 Å². The van der Waals surface area contributed by atoms with Crippen LogP contribution in [0.15, 0.2) is 30.3 Å². The highest BCUT2D eigenvalue weighted by molar-refractivity contribution is 5.13. The molecule has 1 aliphatic rings. The molecule has 0 aliphatic carbocycles. The van der Waals surface area contributed by atoms with E-state index < -0.39 is 6.29 Å². The number of hydrogen-bond acceptors (Lipinski definition) is 3. The summed E-state index contributed by atoms with van der Waals surface area (Å²) in [5.41, 5.74) is 1.17. The Kier molecular flexibility index (Phi) is 3.72. The maximum atomic E-state index is 9.13. The Morgan fingerprint density at radius 2 is 2.07 bits per heavy atom. The monoisotopic (exact) mass is 208 g/mol. The van der Waals surface area contributed by atoms with Gasteiger partial charge in [-0.15, -0.1) is 0 Å². The van der Waals surface area contributed by atoms with E-state index in [4.69, 9.17) is 14.6 Å². The van der Waals surface area contributed by atoms with Gasteiger partial charge in [-0.05, 0) is 12.0 Å². The topological polar surface area (TPSA) is 38.7 Å². The molecule has 3 heteroatoms. The van der Waals surface area contributed by atoms with Gasteiger partial charge >= 0.3 is 0 Å². The van der Waals surface area contributed by atoms with Gasteiger partial charge in [-0.25, -0.2) is 0 Å². The summed E-state index contributed by atoms with van der Waals surface area (Å²) in [5, 5.41) is 9.13. The first kappa shape index (κ1) is 10.6. The van der Waals surface area contributed by atoms with Gasteiger partial charge in [0, 0.05) is 6.42 Å². The third-order valence-corrected chi connectivity index (χ3v) is 2.54. The van der Waals surface area contributed by atoms with E-state index in [1.165, 1.54) is 5.56 Å². The van der Waals surface area contributed by atoms with Crippen molar-refractivity contribution in [2.24, 2.45) is 0 Å². The van der Waals surface area contributed by atoms with E-state index in [0.717, 1.165) is 6.42 Å². The molecule has 0 radical (unpaired) electrons. The highest BCUT2D eigenvalue weighted by Crippen LogP contribution is 2.15. The van der Waals surface area contributed by atoms with E-state index in [-0.39, 0.29) is 6.10 Å². The molecule has 82 valence electrons. The summed E-state index contributed by atoms with van der Waals surface area (Å²) in [6.45, 7) is 1.11. The van der Waals surface area contributed by atoms with Crippen LogP contribution in [0.5, 0.6) is 0 Å². The molecule has 1 aromatic rings. The molecular weight excluding hydrogens is 192 g/mol. The standard InChI is InChI=1S/C12H16O3/c13-12-7-6-11(9-15-12)14-8-10-4-2-1-3-5-10/h1-5,11-13H,6-9H2/t11-,12+/m1/s1. The van der Waals surface area contributed by atoms with E-state index >= 15 is 0 Å². The molecule has 2 rings (SSSR count). The van der Waals surface area contributed by atoms with Gasteiger partial charge in [0.05, 0.1) is 19.3 Å². The normalized spacial score (nSPS) is 26.5. The second-order valence-electron chi connectivity index (χ2n) is 3.78. The molecule has 1 N–H and O–H groups in total. The number of aliphatic hydroxyl groups is 1. The van der Waals surface area contributed by atoms with Crippen molar-refractivity contribution in [3.63, 3.8) is 0 Å². The molecule has 0 unspecified atom stereocenters. The van der Waals surface area contributed by atoms with Crippen molar-refractivity contribution in [3.05, 3.63) is 35.9 Å². The Hall–Kier alpha value is -0.900. The number of ether oxygens (including phenoxy) is 2. The summed E-state index contributed by atoms with van der Waals surface area (Å²) in [6.07, 6.45) is 1.06. The molecule has 0 saturated carbocycles. The molecule has 1 aromatic carbocycles. The lowest BCUT2D eigenvalue weighted by atomic mass is 10.1. The number of aliphatic hydroxyl groups excluding tert-OH is 1. The fourth-order valence-electron chi connectivity index (χ4n) is 1.63. The van der Waals surface area contributed by atoms with Gasteiger partial charge in [0.2, 0.25) is 0 Å². The average Bonchev–Trinajstić information content (AvgIpc) is 2.30. The van der Waals surface area contributed by atoms with Crippen molar-refractivity contribution in [2.75, 3.05) is 6.61 Å². The maximum Gasteiger partial charge on any atom is 0.154 e. The summed E-state index contributed by atoms with van der Waals surface area (Å²) in [7, 11) is 0. The number of rotatable bonds is 3. The van der Waals surface area contributed by atoms with Crippen LogP contribution in [0.1, 0.15) is 18.4 Å². The predicted molar refractivity (Wildman–Crippen MR) is 56.2 cm³/mol. The summed E-state index contributed by atoms with van der Waals surface area (Å²) < 4.78 is 10.8. The summed E-state index contributed by atoms with van der Waals surface area (Å²) in [4.78, 5) is 0. The first-order chi connectivity index (χ1) is 7.34. The third kappa shape index (κ3) is 3.30. The van der Waals surface area contributed by atoms with Crippen LogP contribution < -0.4 is 0 Å². The molecule has 0 bridgehead atoms. The predicted octanol–water partition coefficient (Wildman–Crippen LogP) is 1.70. The molecular formula is C12H16O3. The van der Waals surface area contributed by atoms with E-state index in [2.05, 4.69) is 0 Å². The van der Waals surface area contributed by atoms with Gasteiger partial charge in [0.25, 0.3) is 0 Å². The average molecular weight is 208 g/mol. The van der Waals surface area contributed by atoms with Crippen LogP contribution in [0.25, 0.3) is 0 Å². The van der Waals surface area contributed by atoms with Crippen molar-refractivity contribution in [1.82, 2.24) is 0 Å². The van der Waals surface area contributed by atoms with Crippen molar-refractivity contribution < 1.29 is 14.6 Å². The van der Waals surface area contributed by atoms with Crippen LogP contribution in [0, 0.1) is 0 Å². The van der Waals surface area contributed by atoms with Gasteiger partial charge in [-0.3, -0.25) is 0 Å². The zero-order chi connectivity index (χ0) is 10.5. The van der Waals surface area contributed by atoms with Crippen molar-refractivity contribution in [2.45, 2.75) is 31.8 Å². The SMILES string of the molecule is O[C@@H]1CC[C@@H](OCc2ccccc2)CO1. The Labute approximate surface area is 89.6 Å². The lowest BCUT2D eigenvalue weighted by molar-refractivity contribution is -0.169. The molecule has 1 heterocycles. The van der Waals surface area contributed by atoms with Crippen LogP contribution in [0.3, 0.4) is 0 Å². The van der Waals surface area contributed by atoms with Gasteiger partial charge in [0.15, 0.2) is 6.29 Å². The second-order valence-corrected chi connectivity index (χ2v) is 3.78. The highest BCUT2D eigenvalue weighted by Gasteiger charge is 2.19. The molecule has 0 amide bonds. The highest BCUT2D eigenvalue weighted by atomic mass is 16.6. The first-order valence-electron chi connectivity index (χ1n) is 5.30. The zero-order valence-electron chi connectivity index (χ0n) is 8.63. The Balaban J connectivity index is 1.74. The zero-order valence-corrected chi connectivity index (χ0v) is 8.63. The Morgan fingerprint density at radius 1 is 1.27 bits per heavy atom. The Morgan fingerprint density at radius 3 is 2.73 bits per heavy atom. The van der Waals surface area contributed by atoms with Crippen LogP contribution in [-0.2, 0) is 16.1 Å². The summed E-state index contributed by atoms with van der Waals surface area (Å²) in [6, 6.07) is 10.1. The lowest BCUT2D eigenvalue weighted by Crippen LogP contribution is -2.31. The second kappa shape index (κ2) is 5.26. The fourth-order valence-corrected chi connectivity index (χ4v) is 1.63. The quantitative estimate of drug-likeness (QED) is 0.821. The molecule has 1 aliphatic heterocycles. The van der Waals surface area contributed by atoms with Gasteiger partial charge < -0.3 is 14.6 Å². The van der Waals surface area contributed by atoms with Gasteiger partial charge in [-0.2, -0.15) is 0 Å². The minimum absolute atomic E-state index is 0.119. The summed E-state index contributed by atoms with van der Waals surface area (Å²) in [5.74, 6) is 0. The molecule has 2 atom stereocenters. The molecule has 1 saturated heterocycles. The molecule has 0 aromatic heterocycles. The summed E-state index contributed by atoms with van der Waals surface area (Å²) >= 11 is 0. The Bertz CT molecular complexity index is 278. The third-order valence-electron chi connectivity index (χ3n) is 2.54. The number of benzene rings is 1. The molecule has 1 fully saturated rings.